The highest BCUT2D eigenvalue weighted by Gasteiger charge is 2.46. The molecule has 0 saturated heterocycles. The molecule has 1 rings (SSSR count). The Hall–Kier alpha value is -0.873. The molecular weight excluding hydrogens is 511 g/mol. The molecule has 1 aromatic rings. The van der Waals surface area contributed by atoms with Gasteiger partial charge in [-0.2, -0.15) is 0 Å². The minimum Gasteiger partial charge on any atom is -0.469 e. The standard InChI is InChI=1S/C27H49NO5S2Si/c1-19-14-16-20(17-15-19)24(34(30)25(2,3)4)23(28-35(31)26(5,6)7)21(18-22(29)32-11)33-36(12,13)27(8,9)10/h14-17,21,23-24,28H,18H2,1-13H3/t21-,23?,24?,34+,35-/m0/s1. The number of ether oxygens (including phenoxy) is 1. The Bertz CT molecular complexity index is 927. The van der Waals surface area contributed by atoms with Gasteiger partial charge in [0.1, 0.15) is 0 Å². The van der Waals surface area contributed by atoms with Crippen molar-refractivity contribution in [1.82, 2.24) is 4.72 Å². The zero-order valence-corrected chi connectivity index (χ0v) is 27.2. The first kappa shape index (κ1) is 33.2. The van der Waals surface area contributed by atoms with E-state index in [0.29, 0.717) is 0 Å². The lowest BCUT2D eigenvalue weighted by Crippen LogP contribution is -2.56. The summed E-state index contributed by atoms with van der Waals surface area (Å²) in [6.45, 7) is 24.1. The fraction of sp³-hybridized carbons (Fsp3) is 0.741. The second-order valence-corrected chi connectivity index (χ2v) is 22.0. The van der Waals surface area contributed by atoms with E-state index < -0.39 is 63.0 Å². The summed E-state index contributed by atoms with van der Waals surface area (Å²) < 4.78 is 41.7. The minimum absolute atomic E-state index is 0.0360. The fourth-order valence-electron chi connectivity index (χ4n) is 3.28. The Kier molecular flexibility index (Phi) is 11.3. The maximum atomic E-state index is 14.2. The van der Waals surface area contributed by atoms with Gasteiger partial charge in [0, 0.05) is 15.5 Å². The van der Waals surface area contributed by atoms with Gasteiger partial charge in [0.2, 0.25) is 0 Å². The number of methoxy groups -OCH3 is 1. The summed E-state index contributed by atoms with van der Waals surface area (Å²) >= 11 is 0. The van der Waals surface area contributed by atoms with Gasteiger partial charge in [0.05, 0.1) is 46.7 Å². The molecule has 0 radical (unpaired) electrons. The molecule has 0 aliphatic rings. The van der Waals surface area contributed by atoms with Crippen LogP contribution in [-0.2, 0) is 35.7 Å². The fourth-order valence-corrected chi connectivity index (χ4v) is 7.27. The first-order valence-corrected chi connectivity index (χ1v) is 17.8. The molecule has 0 spiro atoms. The van der Waals surface area contributed by atoms with Crippen molar-refractivity contribution in [2.75, 3.05) is 7.11 Å². The highest BCUT2D eigenvalue weighted by Crippen LogP contribution is 2.41. The Balaban J connectivity index is 3.87. The van der Waals surface area contributed by atoms with Gasteiger partial charge in [-0.1, -0.05) is 50.6 Å². The van der Waals surface area contributed by atoms with Crippen LogP contribution in [0.15, 0.2) is 24.3 Å². The number of hydrogen-bond acceptors (Lipinski definition) is 5. The molecule has 0 aliphatic carbocycles. The number of carbonyl (C=O) groups is 1. The second kappa shape index (κ2) is 12.3. The maximum absolute atomic E-state index is 14.2. The predicted octanol–water partition coefficient (Wildman–Crippen LogP) is 5.96. The van der Waals surface area contributed by atoms with Crippen LogP contribution in [0.5, 0.6) is 0 Å². The lowest BCUT2D eigenvalue weighted by molar-refractivity contribution is -0.142. The number of hydrogen-bond donors (Lipinski definition) is 1. The molecule has 1 aromatic carbocycles. The van der Waals surface area contributed by atoms with Gasteiger partial charge < -0.3 is 9.16 Å². The monoisotopic (exact) mass is 559 g/mol. The summed E-state index contributed by atoms with van der Waals surface area (Å²) in [4.78, 5) is 12.6. The molecule has 1 N–H and O–H groups in total. The quantitative estimate of drug-likeness (QED) is 0.283. The number of esters is 1. The van der Waals surface area contributed by atoms with Crippen molar-refractivity contribution in [2.45, 2.75) is 121 Å². The van der Waals surface area contributed by atoms with Crippen LogP contribution in [0.25, 0.3) is 0 Å². The topological polar surface area (TPSA) is 81.7 Å². The summed E-state index contributed by atoms with van der Waals surface area (Å²) in [5.74, 6) is -0.420. The van der Waals surface area contributed by atoms with E-state index >= 15 is 0 Å². The minimum atomic E-state index is -2.39. The third-order valence-electron chi connectivity index (χ3n) is 6.61. The number of rotatable bonds is 10. The number of nitrogens with one attached hydrogen (secondary N) is 1. The van der Waals surface area contributed by atoms with Crippen LogP contribution in [0.1, 0.15) is 85.1 Å². The van der Waals surface area contributed by atoms with E-state index in [-0.39, 0.29) is 11.5 Å². The largest absolute Gasteiger partial charge is 0.469 e. The van der Waals surface area contributed by atoms with Gasteiger partial charge in [0.25, 0.3) is 0 Å². The highest BCUT2D eigenvalue weighted by atomic mass is 32.2. The van der Waals surface area contributed by atoms with Crippen molar-refractivity contribution in [3.05, 3.63) is 35.4 Å². The van der Waals surface area contributed by atoms with E-state index in [1.54, 1.807) is 0 Å². The van der Waals surface area contributed by atoms with Crippen molar-refractivity contribution in [3.63, 3.8) is 0 Å². The van der Waals surface area contributed by atoms with Crippen molar-refractivity contribution in [1.29, 1.82) is 0 Å². The molecule has 5 atom stereocenters. The highest BCUT2D eigenvalue weighted by molar-refractivity contribution is 7.87. The summed E-state index contributed by atoms with van der Waals surface area (Å²) in [6.07, 6.45) is -0.728. The molecule has 0 amide bonds. The molecular formula is C27H49NO5S2Si. The molecule has 208 valence electrons. The normalized spacial score (nSPS) is 17.7. The molecule has 0 heterocycles. The summed E-state index contributed by atoms with van der Waals surface area (Å²) in [5, 5.41) is -0.700. The molecule has 0 fully saturated rings. The van der Waals surface area contributed by atoms with E-state index in [1.165, 1.54) is 7.11 Å². The van der Waals surface area contributed by atoms with E-state index in [0.717, 1.165) is 11.1 Å². The average molecular weight is 560 g/mol. The van der Waals surface area contributed by atoms with Crippen molar-refractivity contribution in [3.8, 4) is 0 Å². The molecule has 36 heavy (non-hydrogen) atoms. The predicted molar refractivity (Wildman–Crippen MR) is 155 cm³/mol. The Morgan fingerprint density at radius 1 is 0.944 bits per heavy atom. The van der Waals surface area contributed by atoms with Crippen LogP contribution >= 0.6 is 0 Å². The van der Waals surface area contributed by atoms with Gasteiger partial charge in [-0.3, -0.25) is 9.00 Å². The van der Waals surface area contributed by atoms with Crippen LogP contribution < -0.4 is 4.72 Å². The van der Waals surface area contributed by atoms with Gasteiger partial charge in [-0.05, 0) is 72.2 Å². The lowest BCUT2D eigenvalue weighted by atomic mass is 9.98. The Morgan fingerprint density at radius 2 is 1.44 bits per heavy atom. The van der Waals surface area contributed by atoms with Gasteiger partial charge in [-0.25, -0.2) is 8.93 Å². The molecule has 0 aromatic heterocycles. The van der Waals surface area contributed by atoms with E-state index in [1.807, 2.05) is 72.7 Å². The van der Waals surface area contributed by atoms with Crippen LogP contribution in [0, 0.1) is 6.92 Å². The number of carbonyl (C=O) groups excluding carboxylic acids is 1. The lowest BCUT2D eigenvalue weighted by Gasteiger charge is -2.44. The van der Waals surface area contributed by atoms with Gasteiger partial charge >= 0.3 is 5.97 Å². The molecule has 0 saturated carbocycles. The third kappa shape index (κ3) is 9.15. The van der Waals surface area contributed by atoms with Crippen LogP contribution in [0.2, 0.25) is 18.1 Å². The van der Waals surface area contributed by atoms with E-state index in [9.17, 15) is 13.2 Å². The molecule has 0 aliphatic heterocycles. The van der Waals surface area contributed by atoms with E-state index in [4.69, 9.17) is 9.16 Å². The molecule has 9 heteroatoms. The van der Waals surface area contributed by atoms with Crippen LogP contribution in [-0.4, -0.2) is 51.5 Å². The van der Waals surface area contributed by atoms with E-state index in [2.05, 4.69) is 38.6 Å². The van der Waals surface area contributed by atoms with Gasteiger partial charge in [0.15, 0.2) is 8.32 Å². The smallest absolute Gasteiger partial charge is 0.308 e. The SMILES string of the molecule is COC(=O)C[C@H](O[Si](C)(C)C(C)(C)C)C(N[S@@](=O)C(C)(C)C)C(c1ccc(C)cc1)[S@@](=O)C(C)(C)C. The molecule has 6 nitrogen and oxygen atoms in total. The Labute approximate surface area is 225 Å². The van der Waals surface area contributed by atoms with Crippen molar-refractivity contribution >= 4 is 36.1 Å². The first-order chi connectivity index (χ1) is 16.1. The number of benzene rings is 1. The summed E-state index contributed by atoms with van der Waals surface area (Å²) in [7, 11) is -3.94. The van der Waals surface area contributed by atoms with Gasteiger partial charge in [-0.15, -0.1) is 0 Å². The van der Waals surface area contributed by atoms with Crippen molar-refractivity contribution < 1.29 is 22.4 Å². The summed E-state index contributed by atoms with van der Waals surface area (Å²) in [5.41, 5.74) is 1.94. The maximum Gasteiger partial charge on any atom is 0.308 e. The van der Waals surface area contributed by atoms with Crippen molar-refractivity contribution in [2.24, 2.45) is 0 Å². The van der Waals surface area contributed by atoms with Crippen LogP contribution in [0.4, 0.5) is 0 Å². The Morgan fingerprint density at radius 3 is 1.83 bits per heavy atom. The zero-order chi connectivity index (χ0) is 28.3. The summed E-state index contributed by atoms with van der Waals surface area (Å²) in [6, 6.07) is 7.26. The van der Waals surface area contributed by atoms with Crippen LogP contribution in [0.3, 0.4) is 0 Å². The zero-order valence-electron chi connectivity index (χ0n) is 24.6. The third-order valence-corrected chi connectivity index (χ3v) is 15.0. The first-order valence-electron chi connectivity index (χ1n) is 12.5. The molecule has 0 bridgehead atoms. The average Bonchev–Trinajstić information content (AvgIpc) is 2.71. The number of aryl methyl sites for hydroxylation is 1. The molecule has 2 unspecified atom stereocenters. The second-order valence-electron chi connectivity index (χ2n) is 13.0.